The summed E-state index contributed by atoms with van der Waals surface area (Å²) in [7, 11) is 1.46. The second-order valence-electron chi connectivity index (χ2n) is 4.74. The van der Waals surface area contributed by atoms with E-state index in [9.17, 15) is 4.79 Å². The van der Waals surface area contributed by atoms with Crippen LogP contribution in [0.3, 0.4) is 0 Å². The highest BCUT2D eigenvalue weighted by Gasteiger charge is 2.37. The molecule has 1 rings (SSSR count). The molecule has 3 heteroatoms. The number of piperidine rings is 1. The quantitative estimate of drug-likeness (QED) is 0.634. The van der Waals surface area contributed by atoms with Crippen molar-refractivity contribution in [2.75, 3.05) is 20.2 Å². The number of hydrogen-bond donors (Lipinski definition) is 0. The zero-order valence-corrected chi connectivity index (χ0v) is 9.67. The highest BCUT2D eigenvalue weighted by atomic mass is 16.5. The van der Waals surface area contributed by atoms with Gasteiger partial charge in [-0.05, 0) is 39.2 Å². The molecule has 82 valence electrons. The van der Waals surface area contributed by atoms with Gasteiger partial charge in [0.2, 0.25) is 0 Å². The normalized spacial score (nSPS) is 24.7. The molecule has 0 aliphatic carbocycles. The Morgan fingerprint density at radius 1 is 1.50 bits per heavy atom. The van der Waals surface area contributed by atoms with E-state index >= 15 is 0 Å². The molecular formula is C11H21NO2. The summed E-state index contributed by atoms with van der Waals surface area (Å²) in [6.07, 6.45) is 2.45. The second-order valence-corrected chi connectivity index (χ2v) is 4.74. The predicted molar refractivity (Wildman–Crippen MR) is 56.1 cm³/mol. The van der Waals surface area contributed by atoms with Crippen molar-refractivity contribution in [3.05, 3.63) is 0 Å². The summed E-state index contributed by atoms with van der Waals surface area (Å²) in [4.78, 5) is 13.8. The molecule has 1 heterocycles. The molecule has 1 fully saturated rings. The molecule has 0 radical (unpaired) electrons. The van der Waals surface area contributed by atoms with Gasteiger partial charge in [0, 0.05) is 6.54 Å². The lowest BCUT2D eigenvalue weighted by molar-refractivity contribution is -0.154. The van der Waals surface area contributed by atoms with Crippen LogP contribution in [0, 0.1) is 5.92 Å². The molecule has 1 atom stereocenters. The molecule has 0 saturated carbocycles. The van der Waals surface area contributed by atoms with Gasteiger partial charge in [-0.1, -0.05) is 6.92 Å². The number of esters is 1. The van der Waals surface area contributed by atoms with Crippen LogP contribution >= 0.6 is 0 Å². The molecule has 3 nitrogen and oxygen atoms in total. The standard InChI is InChI=1S/C11H21NO2/c1-9-6-5-7-12(8-9)11(2,3)10(13)14-4/h9H,5-8H2,1-4H3/t9-/m1/s1. The van der Waals surface area contributed by atoms with E-state index in [0.29, 0.717) is 5.92 Å². The average Bonchev–Trinajstić information content (AvgIpc) is 2.16. The van der Waals surface area contributed by atoms with Gasteiger partial charge < -0.3 is 4.74 Å². The first-order chi connectivity index (χ1) is 6.48. The maximum absolute atomic E-state index is 11.6. The molecular weight excluding hydrogens is 178 g/mol. The minimum atomic E-state index is -0.469. The van der Waals surface area contributed by atoms with Gasteiger partial charge in [0.15, 0.2) is 0 Å². The highest BCUT2D eigenvalue weighted by Crippen LogP contribution is 2.24. The number of hydrogen-bond acceptors (Lipinski definition) is 3. The van der Waals surface area contributed by atoms with Crippen LogP contribution in [-0.2, 0) is 9.53 Å². The number of carbonyl (C=O) groups is 1. The van der Waals surface area contributed by atoms with E-state index in [0.717, 1.165) is 13.1 Å². The SMILES string of the molecule is COC(=O)C(C)(C)N1CCC[C@@H](C)C1. The Balaban J connectivity index is 2.66. The topological polar surface area (TPSA) is 29.5 Å². The fourth-order valence-corrected chi connectivity index (χ4v) is 2.08. The van der Waals surface area contributed by atoms with Gasteiger partial charge >= 0.3 is 5.97 Å². The van der Waals surface area contributed by atoms with Crippen LogP contribution in [0.1, 0.15) is 33.6 Å². The summed E-state index contributed by atoms with van der Waals surface area (Å²) in [5, 5.41) is 0. The maximum atomic E-state index is 11.6. The maximum Gasteiger partial charge on any atom is 0.325 e. The van der Waals surface area contributed by atoms with E-state index in [1.54, 1.807) is 0 Å². The molecule has 0 amide bonds. The van der Waals surface area contributed by atoms with Gasteiger partial charge in [0.25, 0.3) is 0 Å². The highest BCUT2D eigenvalue weighted by molar-refractivity contribution is 5.79. The average molecular weight is 199 g/mol. The fourth-order valence-electron chi connectivity index (χ4n) is 2.08. The van der Waals surface area contributed by atoms with Crippen molar-refractivity contribution >= 4 is 5.97 Å². The van der Waals surface area contributed by atoms with Crippen molar-refractivity contribution in [3.63, 3.8) is 0 Å². The van der Waals surface area contributed by atoms with Crippen LogP contribution in [-0.4, -0.2) is 36.6 Å². The minimum Gasteiger partial charge on any atom is -0.468 e. The first-order valence-corrected chi connectivity index (χ1v) is 5.32. The summed E-state index contributed by atoms with van der Waals surface area (Å²) in [6, 6.07) is 0. The fraction of sp³-hybridized carbons (Fsp3) is 0.909. The Kier molecular flexibility index (Phi) is 3.53. The van der Waals surface area contributed by atoms with Crippen LogP contribution in [0.5, 0.6) is 0 Å². The number of methoxy groups -OCH3 is 1. The Labute approximate surface area is 86.4 Å². The van der Waals surface area contributed by atoms with Crippen molar-refractivity contribution in [2.45, 2.75) is 39.2 Å². The molecule has 0 unspecified atom stereocenters. The molecule has 1 aliphatic rings. The number of ether oxygens (including phenoxy) is 1. The minimum absolute atomic E-state index is 0.133. The molecule has 0 bridgehead atoms. The van der Waals surface area contributed by atoms with Gasteiger partial charge in [0.1, 0.15) is 5.54 Å². The Hall–Kier alpha value is -0.570. The molecule has 0 aromatic carbocycles. The molecule has 0 spiro atoms. The van der Waals surface area contributed by atoms with E-state index in [-0.39, 0.29) is 5.97 Å². The Morgan fingerprint density at radius 3 is 2.64 bits per heavy atom. The summed E-state index contributed by atoms with van der Waals surface area (Å²) in [5.74, 6) is 0.555. The van der Waals surface area contributed by atoms with Crippen molar-refractivity contribution in [1.82, 2.24) is 4.90 Å². The van der Waals surface area contributed by atoms with Gasteiger partial charge in [-0.15, -0.1) is 0 Å². The van der Waals surface area contributed by atoms with E-state index in [1.807, 2.05) is 13.8 Å². The molecule has 14 heavy (non-hydrogen) atoms. The first-order valence-electron chi connectivity index (χ1n) is 5.32. The van der Waals surface area contributed by atoms with Crippen LogP contribution in [0.15, 0.2) is 0 Å². The van der Waals surface area contributed by atoms with E-state index in [4.69, 9.17) is 4.74 Å². The molecule has 1 saturated heterocycles. The van der Waals surface area contributed by atoms with Gasteiger partial charge in [-0.25, -0.2) is 0 Å². The monoisotopic (exact) mass is 199 g/mol. The third kappa shape index (κ3) is 2.27. The number of rotatable bonds is 2. The number of likely N-dealkylation sites (tertiary alicyclic amines) is 1. The van der Waals surface area contributed by atoms with Gasteiger partial charge in [-0.3, -0.25) is 9.69 Å². The van der Waals surface area contributed by atoms with Crippen molar-refractivity contribution < 1.29 is 9.53 Å². The van der Waals surface area contributed by atoms with Crippen molar-refractivity contribution in [1.29, 1.82) is 0 Å². The van der Waals surface area contributed by atoms with Crippen molar-refractivity contribution in [3.8, 4) is 0 Å². The molecule has 0 N–H and O–H groups in total. The Morgan fingerprint density at radius 2 is 2.14 bits per heavy atom. The lowest BCUT2D eigenvalue weighted by Crippen LogP contribution is -2.54. The predicted octanol–water partition coefficient (Wildman–Crippen LogP) is 1.67. The van der Waals surface area contributed by atoms with E-state index in [1.165, 1.54) is 20.0 Å². The lowest BCUT2D eigenvalue weighted by atomic mass is 9.94. The van der Waals surface area contributed by atoms with Crippen LogP contribution in [0.2, 0.25) is 0 Å². The molecule has 1 aliphatic heterocycles. The molecule has 0 aromatic rings. The lowest BCUT2D eigenvalue weighted by Gasteiger charge is -2.40. The number of nitrogens with zero attached hydrogens (tertiary/aromatic N) is 1. The van der Waals surface area contributed by atoms with Crippen LogP contribution in [0.25, 0.3) is 0 Å². The zero-order valence-electron chi connectivity index (χ0n) is 9.67. The molecule has 0 aromatic heterocycles. The third-order valence-electron chi connectivity index (χ3n) is 3.13. The van der Waals surface area contributed by atoms with Gasteiger partial charge in [0.05, 0.1) is 7.11 Å². The summed E-state index contributed by atoms with van der Waals surface area (Å²) < 4.78 is 4.82. The Bertz CT molecular complexity index is 213. The van der Waals surface area contributed by atoms with Crippen molar-refractivity contribution in [2.24, 2.45) is 5.92 Å². The summed E-state index contributed by atoms with van der Waals surface area (Å²) in [6.45, 7) is 8.13. The van der Waals surface area contributed by atoms with E-state index in [2.05, 4.69) is 11.8 Å². The van der Waals surface area contributed by atoms with E-state index < -0.39 is 5.54 Å². The van der Waals surface area contributed by atoms with Crippen LogP contribution < -0.4 is 0 Å². The van der Waals surface area contributed by atoms with Crippen LogP contribution in [0.4, 0.5) is 0 Å². The number of carbonyl (C=O) groups excluding carboxylic acids is 1. The summed E-state index contributed by atoms with van der Waals surface area (Å²) in [5.41, 5.74) is -0.469. The largest absolute Gasteiger partial charge is 0.468 e. The third-order valence-corrected chi connectivity index (χ3v) is 3.13. The second kappa shape index (κ2) is 4.30. The zero-order chi connectivity index (χ0) is 10.8. The summed E-state index contributed by atoms with van der Waals surface area (Å²) >= 11 is 0. The smallest absolute Gasteiger partial charge is 0.325 e. The van der Waals surface area contributed by atoms with Gasteiger partial charge in [-0.2, -0.15) is 0 Å². The first kappa shape index (κ1) is 11.5.